The molecule has 0 aliphatic carbocycles. The van der Waals surface area contributed by atoms with Crippen molar-refractivity contribution < 1.29 is 4.39 Å². The fourth-order valence-electron chi connectivity index (χ4n) is 2.34. The first kappa shape index (κ1) is 13.3. The standard InChI is InChI=1S/C13H12ClFN4S/c1-8(6-18-3-2-16-7-18)19-12-5-10(15)9(14)4-11(12)17-13(19)20/h2-5,7-8H,6H2,1H3,(H,17,20). The van der Waals surface area contributed by atoms with Crippen LogP contribution >= 0.6 is 23.8 Å². The number of imidazole rings is 2. The van der Waals surface area contributed by atoms with Crippen molar-refractivity contribution in [1.82, 2.24) is 19.1 Å². The lowest BCUT2D eigenvalue weighted by molar-refractivity contribution is 0.469. The molecule has 2 heterocycles. The lowest BCUT2D eigenvalue weighted by atomic mass is 10.2. The van der Waals surface area contributed by atoms with Crippen LogP contribution in [0.2, 0.25) is 5.02 Å². The molecule has 0 bridgehead atoms. The molecule has 1 unspecified atom stereocenters. The van der Waals surface area contributed by atoms with Crippen LogP contribution in [-0.4, -0.2) is 19.1 Å². The van der Waals surface area contributed by atoms with Gasteiger partial charge < -0.3 is 14.1 Å². The Balaban J connectivity index is 2.08. The van der Waals surface area contributed by atoms with Gasteiger partial charge in [-0.3, -0.25) is 0 Å². The van der Waals surface area contributed by atoms with Crippen LogP contribution in [0.25, 0.3) is 11.0 Å². The molecule has 104 valence electrons. The average molecular weight is 311 g/mol. The molecule has 20 heavy (non-hydrogen) atoms. The molecule has 1 atom stereocenters. The predicted molar refractivity (Wildman–Crippen MR) is 79.0 cm³/mol. The fraction of sp³-hybridized carbons (Fsp3) is 0.231. The molecule has 4 nitrogen and oxygen atoms in total. The van der Waals surface area contributed by atoms with Crippen LogP contribution in [0.4, 0.5) is 4.39 Å². The number of hydrogen-bond donors (Lipinski definition) is 1. The molecule has 0 aliphatic heterocycles. The van der Waals surface area contributed by atoms with Gasteiger partial charge in [-0.2, -0.15) is 0 Å². The Morgan fingerprint density at radius 2 is 2.30 bits per heavy atom. The minimum Gasteiger partial charge on any atom is -0.335 e. The third kappa shape index (κ3) is 2.25. The molecule has 0 fully saturated rings. The highest BCUT2D eigenvalue weighted by atomic mass is 35.5. The minimum atomic E-state index is -0.447. The van der Waals surface area contributed by atoms with E-state index in [1.165, 1.54) is 6.07 Å². The molecule has 0 spiro atoms. The van der Waals surface area contributed by atoms with Gasteiger partial charge in [-0.25, -0.2) is 9.37 Å². The molecule has 0 amide bonds. The van der Waals surface area contributed by atoms with Gasteiger partial charge in [0.05, 0.1) is 28.4 Å². The summed E-state index contributed by atoms with van der Waals surface area (Å²) < 4.78 is 18.1. The number of benzene rings is 1. The molecule has 7 heteroatoms. The largest absolute Gasteiger partial charge is 0.335 e. The summed E-state index contributed by atoms with van der Waals surface area (Å²) in [5.74, 6) is -0.447. The Kier molecular flexibility index (Phi) is 3.35. The molecule has 2 aromatic heterocycles. The molecule has 3 rings (SSSR count). The highest BCUT2D eigenvalue weighted by molar-refractivity contribution is 7.71. The van der Waals surface area contributed by atoms with Crippen molar-refractivity contribution in [2.24, 2.45) is 0 Å². The number of rotatable bonds is 3. The molecule has 1 N–H and O–H groups in total. The Morgan fingerprint density at radius 1 is 1.50 bits per heavy atom. The zero-order valence-electron chi connectivity index (χ0n) is 10.7. The summed E-state index contributed by atoms with van der Waals surface area (Å²) in [6, 6.07) is 3.03. The average Bonchev–Trinajstić information content (AvgIpc) is 2.97. The summed E-state index contributed by atoms with van der Waals surface area (Å²) in [7, 11) is 0. The van der Waals surface area contributed by atoms with E-state index in [1.54, 1.807) is 18.6 Å². The smallest absolute Gasteiger partial charge is 0.178 e. The van der Waals surface area contributed by atoms with E-state index in [9.17, 15) is 4.39 Å². The van der Waals surface area contributed by atoms with E-state index >= 15 is 0 Å². The fourth-order valence-corrected chi connectivity index (χ4v) is 2.89. The molecule has 1 aromatic carbocycles. The van der Waals surface area contributed by atoms with Gasteiger partial charge in [0.1, 0.15) is 5.82 Å². The summed E-state index contributed by atoms with van der Waals surface area (Å²) in [6.07, 6.45) is 5.35. The first-order valence-electron chi connectivity index (χ1n) is 6.11. The molecule has 0 saturated heterocycles. The second-order valence-electron chi connectivity index (χ2n) is 4.69. The van der Waals surface area contributed by atoms with E-state index in [2.05, 4.69) is 9.97 Å². The van der Waals surface area contributed by atoms with E-state index in [0.29, 0.717) is 16.8 Å². The molecule has 0 radical (unpaired) electrons. The first-order chi connectivity index (χ1) is 9.56. The Hall–Kier alpha value is -1.66. The summed E-state index contributed by atoms with van der Waals surface area (Å²) in [4.78, 5) is 7.07. The molecule has 3 aromatic rings. The molecule has 0 aliphatic rings. The number of aromatic amines is 1. The third-order valence-corrected chi connectivity index (χ3v) is 3.82. The lowest BCUT2D eigenvalue weighted by Crippen LogP contribution is -2.12. The van der Waals surface area contributed by atoms with Crippen LogP contribution in [0.3, 0.4) is 0 Å². The topological polar surface area (TPSA) is 38.5 Å². The second-order valence-corrected chi connectivity index (χ2v) is 5.49. The van der Waals surface area contributed by atoms with Crippen molar-refractivity contribution in [1.29, 1.82) is 0 Å². The number of fused-ring (bicyclic) bond motifs is 1. The number of hydrogen-bond acceptors (Lipinski definition) is 2. The van der Waals surface area contributed by atoms with E-state index in [1.807, 2.05) is 22.3 Å². The maximum atomic E-state index is 13.7. The SMILES string of the molecule is CC(Cn1ccnc1)n1c(=S)[nH]c2cc(Cl)c(F)cc21. The first-order valence-corrected chi connectivity index (χ1v) is 6.90. The Bertz CT molecular complexity index is 806. The van der Waals surface area contributed by atoms with Crippen molar-refractivity contribution in [2.45, 2.75) is 19.5 Å². The van der Waals surface area contributed by atoms with Crippen molar-refractivity contribution in [3.05, 3.63) is 46.5 Å². The van der Waals surface area contributed by atoms with Crippen LogP contribution in [0.1, 0.15) is 13.0 Å². The van der Waals surface area contributed by atoms with Crippen LogP contribution in [-0.2, 0) is 6.54 Å². The Morgan fingerprint density at radius 3 is 3.00 bits per heavy atom. The number of H-pyrrole nitrogens is 1. The maximum Gasteiger partial charge on any atom is 0.178 e. The quantitative estimate of drug-likeness (QED) is 0.744. The van der Waals surface area contributed by atoms with E-state index < -0.39 is 5.82 Å². The highest BCUT2D eigenvalue weighted by Gasteiger charge is 2.14. The molecular formula is C13H12ClFN4S. The number of nitrogens with zero attached hydrogens (tertiary/aromatic N) is 3. The van der Waals surface area contributed by atoms with Gasteiger partial charge >= 0.3 is 0 Å². The van der Waals surface area contributed by atoms with Crippen molar-refractivity contribution >= 4 is 34.9 Å². The summed E-state index contributed by atoms with van der Waals surface area (Å²) in [5, 5.41) is 0.0863. The maximum absolute atomic E-state index is 13.7. The highest BCUT2D eigenvalue weighted by Crippen LogP contribution is 2.25. The van der Waals surface area contributed by atoms with Crippen LogP contribution in [0, 0.1) is 10.6 Å². The van der Waals surface area contributed by atoms with Crippen LogP contribution in [0.15, 0.2) is 30.9 Å². The summed E-state index contributed by atoms with van der Waals surface area (Å²) in [6.45, 7) is 2.72. The Labute approximate surface area is 124 Å². The van der Waals surface area contributed by atoms with E-state index in [0.717, 1.165) is 5.52 Å². The van der Waals surface area contributed by atoms with Gasteiger partial charge in [0.15, 0.2) is 4.77 Å². The summed E-state index contributed by atoms with van der Waals surface area (Å²) in [5.41, 5.74) is 1.45. The number of halogens is 2. The zero-order valence-corrected chi connectivity index (χ0v) is 12.2. The van der Waals surface area contributed by atoms with Crippen LogP contribution in [0.5, 0.6) is 0 Å². The molecular weight excluding hydrogens is 299 g/mol. The number of aromatic nitrogens is 4. The number of nitrogens with one attached hydrogen (secondary N) is 1. The minimum absolute atomic E-state index is 0.0611. The van der Waals surface area contributed by atoms with Crippen molar-refractivity contribution in [3.8, 4) is 0 Å². The van der Waals surface area contributed by atoms with E-state index in [4.69, 9.17) is 23.8 Å². The van der Waals surface area contributed by atoms with Gasteiger partial charge in [-0.05, 0) is 25.2 Å². The van der Waals surface area contributed by atoms with Gasteiger partial charge in [0, 0.05) is 25.0 Å². The van der Waals surface area contributed by atoms with Crippen molar-refractivity contribution in [2.75, 3.05) is 0 Å². The second kappa shape index (κ2) is 5.03. The summed E-state index contributed by atoms with van der Waals surface area (Å²) >= 11 is 11.1. The van der Waals surface area contributed by atoms with E-state index in [-0.39, 0.29) is 11.1 Å². The van der Waals surface area contributed by atoms with Gasteiger partial charge in [-0.1, -0.05) is 11.6 Å². The lowest BCUT2D eigenvalue weighted by Gasteiger charge is -2.15. The predicted octanol–water partition coefficient (Wildman–Crippen LogP) is 3.95. The van der Waals surface area contributed by atoms with Gasteiger partial charge in [-0.15, -0.1) is 0 Å². The van der Waals surface area contributed by atoms with Crippen molar-refractivity contribution in [3.63, 3.8) is 0 Å². The molecule has 0 saturated carbocycles. The van der Waals surface area contributed by atoms with Gasteiger partial charge in [0.2, 0.25) is 0 Å². The normalized spacial score (nSPS) is 12.9. The monoisotopic (exact) mass is 310 g/mol. The van der Waals surface area contributed by atoms with Gasteiger partial charge in [0.25, 0.3) is 0 Å². The third-order valence-electron chi connectivity index (χ3n) is 3.23. The zero-order chi connectivity index (χ0) is 14.3. The van der Waals surface area contributed by atoms with Crippen LogP contribution < -0.4 is 0 Å².